The molecule has 3 aromatic rings. The number of carbonyl (C=O) groups is 1. The fourth-order valence-corrected chi connectivity index (χ4v) is 4.97. The smallest absolute Gasteiger partial charge is 0.287 e. The van der Waals surface area contributed by atoms with E-state index in [1.54, 1.807) is 6.07 Å². The molecule has 1 N–H and O–H groups in total. The molecule has 0 aliphatic heterocycles. The van der Waals surface area contributed by atoms with Crippen LogP contribution >= 0.6 is 0 Å². The third-order valence-corrected chi connectivity index (χ3v) is 7.50. The van der Waals surface area contributed by atoms with Gasteiger partial charge in [-0.05, 0) is 76.5 Å². The number of hydrogen-bond acceptors (Lipinski definition) is 2. The quantitative estimate of drug-likeness (QED) is 0.443. The minimum atomic E-state index is -0.158. The second-order valence-corrected chi connectivity index (χ2v) is 11.1. The molecule has 174 valence electrons. The highest BCUT2D eigenvalue weighted by Gasteiger charge is 2.37. The summed E-state index contributed by atoms with van der Waals surface area (Å²) in [6.07, 6.45) is 3.11. The zero-order valence-electron chi connectivity index (χ0n) is 20.9. The molecule has 3 heteroatoms. The summed E-state index contributed by atoms with van der Waals surface area (Å²) < 4.78 is 5.97. The predicted molar refractivity (Wildman–Crippen MR) is 135 cm³/mol. The van der Waals surface area contributed by atoms with Crippen LogP contribution in [0.3, 0.4) is 0 Å². The van der Waals surface area contributed by atoms with Crippen LogP contribution in [0.25, 0.3) is 0 Å². The Morgan fingerprint density at radius 1 is 0.970 bits per heavy atom. The van der Waals surface area contributed by atoms with E-state index in [9.17, 15) is 4.79 Å². The van der Waals surface area contributed by atoms with Crippen molar-refractivity contribution in [2.45, 2.75) is 77.6 Å². The molecule has 3 nitrogen and oxygen atoms in total. The Labute approximate surface area is 198 Å². The number of rotatable bonds is 6. The summed E-state index contributed by atoms with van der Waals surface area (Å²) in [5.74, 6) is 1.29. The van der Waals surface area contributed by atoms with Gasteiger partial charge in [0, 0.05) is 13.0 Å². The maximum Gasteiger partial charge on any atom is 0.287 e. The first-order valence-corrected chi connectivity index (χ1v) is 12.1. The molecule has 2 aromatic carbocycles. The Bertz CT molecular complexity index is 1140. The molecular weight excluding hydrogens is 406 g/mol. The van der Waals surface area contributed by atoms with Crippen LogP contribution in [-0.2, 0) is 17.3 Å². The Kier molecular flexibility index (Phi) is 6.26. The molecule has 1 unspecified atom stereocenters. The summed E-state index contributed by atoms with van der Waals surface area (Å²) >= 11 is 0. The van der Waals surface area contributed by atoms with Crippen LogP contribution in [0.5, 0.6) is 0 Å². The van der Waals surface area contributed by atoms with Crippen molar-refractivity contribution in [2.24, 2.45) is 0 Å². The van der Waals surface area contributed by atoms with Gasteiger partial charge in [0.15, 0.2) is 5.76 Å². The fraction of sp³-hybridized carbons (Fsp3) is 0.433. The van der Waals surface area contributed by atoms with Crippen molar-refractivity contribution in [3.05, 3.63) is 93.9 Å². The van der Waals surface area contributed by atoms with Gasteiger partial charge in [-0.3, -0.25) is 4.79 Å². The number of fused-ring (bicyclic) bond motifs is 1. The van der Waals surface area contributed by atoms with E-state index in [0.29, 0.717) is 18.7 Å². The number of furan rings is 1. The number of carbonyl (C=O) groups excluding carboxylic acids is 1. The van der Waals surface area contributed by atoms with Gasteiger partial charge in [0.2, 0.25) is 0 Å². The van der Waals surface area contributed by atoms with Gasteiger partial charge in [0.05, 0.1) is 0 Å². The molecule has 0 fully saturated rings. The number of benzene rings is 2. The van der Waals surface area contributed by atoms with Crippen LogP contribution in [0.4, 0.5) is 0 Å². The van der Waals surface area contributed by atoms with Crippen molar-refractivity contribution in [3.8, 4) is 0 Å². The van der Waals surface area contributed by atoms with Crippen molar-refractivity contribution >= 4 is 5.91 Å². The van der Waals surface area contributed by atoms with Gasteiger partial charge in [0.25, 0.3) is 5.91 Å². The molecule has 33 heavy (non-hydrogen) atoms. The van der Waals surface area contributed by atoms with Gasteiger partial charge in [-0.1, -0.05) is 77.1 Å². The van der Waals surface area contributed by atoms with Crippen LogP contribution in [0, 0.1) is 6.92 Å². The Balaban J connectivity index is 1.47. The van der Waals surface area contributed by atoms with E-state index in [4.69, 9.17) is 4.42 Å². The maximum absolute atomic E-state index is 12.7. The van der Waals surface area contributed by atoms with Gasteiger partial charge >= 0.3 is 0 Å². The molecule has 0 saturated heterocycles. The lowest BCUT2D eigenvalue weighted by Gasteiger charge is -2.42. The van der Waals surface area contributed by atoms with Gasteiger partial charge in [-0.25, -0.2) is 0 Å². The Morgan fingerprint density at radius 3 is 2.27 bits per heavy atom. The number of hydrogen-bond donors (Lipinski definition) is 1. The summed E-state index contributed by atoms with van der Waals surface area (Å²) in [6, 6.07) is 18.7. The Hall–Kier alpha value is -2.81. The first-order valence-electron chi connectivity index (χ1n) is 12.1. The molecule has 1 amide bonds. The first kappa shape index (κ1) is 23.4. The van der Waals surface area contributed by atoms with Crippen molar-refractivity contribution in [3.63, 3.8) is 0 Å². The number of aryl methyl sites for hydroxylation is 1. The van der Waals surface area contributed by atoms with Gasteiger partial charge < -0.3 is 9.73 Å². The molecule has 0 radical (unpaired) electrons. The van der Waals surface area contributed by atoms with Crippen LogP contribution < -0.4 is 5.32 Å². The molecule has 1 heterocycles. The zero-order valence-corrected chi connectivity index (χ0v) is 20.9. The highest BCUT2D eigenvalue weighted by atomic mass is 16.3. The molecule has 1 aliphatic rings. The first-order chi connectivity index (χ1) is 15.6. The largest absolute Gasteiger partial charge is 0.456 e. The third kappa shape index (κ3) is 4.93. The average molecular weight is 444 g/mol. The molecule has 0 bridgehead atoms. The summed E-state index contributed by atoms with van der Waals surface area (Å²) in [6.45, 7) is 14.3. The summed E-state index contributed by atoms with van der Waals surface area (Å²) in [5, 5.41) is 3.01. The van der Waals surface area contributed by atoms with Gasteiger partial charge in [-0.15, -0.1) is 0 Å². The fourth-order valence-electron chi connectivity index (χ4n) is 4.97. The minimum Gasteiger partial charge on any atom is -0.456 e. The van der Waals surface area contributed by atoms with E-state index in [1.807, 2.05) is 24.3 Å². The van der Waals surface area contributed by atoms with Crippen LogP contribution in [0.15, 0.2) is 59.0 Å². The van der Waals surface area contributed by atoms with Crippen LogP contribution in [-0.4, -0.2) is 12.5 Å². The highest BCUT2D eigenvalue weighted by Crippen LogP contribution is 2.46. The predicted octanol–water partition coefficient (Wildman–Crippen LogP) is 7.06. The minimum absolute atomic E-state index is 0.158. The molecule has 0 saturated carbocycles. The SMILES string of the molecule is Cc1cc2c(cc1Cc1ccc(C(=O)NCC(C)c3ccccc3)o1)C(C)(C)CCC2(C)C. The van der Waals surface area contributed by atoms with Crippen molar-refractivity contribution in [1.82, 2.24) is 5.32 Å². The van der Waals surface area contributed by atoms with Gasteiger partial charge in [0.1, 0.15) is 5.76 Å². The number of nitrogens with one attached hydrogen (secondary N) is 1. The maximum atomic E-state index is 12.7. The second kappa shape index (κ2) is 8.85. The summed E-state index contributed by atoms with van der Waals surface area (Å²) in [4.78, 5) is 12.7. The topological polar surface area (TPSA) is 42.2 Å². The molecule has 4 rings (SSSR count). The van der Waals surface area contributed by atoms with Crippen molar-refractivity contribution < 1.29 is 9.21 Å². The molecular formula is C30H37NO2. The van der Waals surface area contributed by atoms with Crippen LogP contribution in [0.1, 0.15) is 97.5 Å². The lowest BCUT2D eigenvalue weighted by atomic mass is 9.62. The van der Waals surface area contributed by atoms with E-state index >= 15 is 0 Å². The monoisotopic (exact) mass is 443 g/mol. The molecule has 1 aromatic heterocycles. The van der Waals surface area contributed by atoms with E-state index < -0.39 is 0 Å². The normalized spacial score (nSPS) is 17.3. The standard InChI is InChI=1S/C30H37NO2/c1-20-16-25-26(30(5,6)15-14-29(25,3)4)18-23(20)17-24-12-13-27(33-24)28(32)31-19-21(2)22-10-8-7-9-11-22/h7-13,16,18,21H,14-15,17,19H2,1-6H3,(H,31,32). The lowest BCUT2D eigenvalue weighted by molar-refractivity contribution is 0.0922. The molecule has 1 atom stereocenters. The van der Waals surface area contributed by atoms with E-state index in [0.717, 1.165) is 5.76 Å². The van der Waals surface area contributed by atoms with E-state index in [2.05, 4.69) is 71.1 Å². The summed E-state index contributed by atoms with van der Waals surface area (Å²) in [7, 11) is 0. The van der Waals surface area contributed by atoms with E-state index in [-0.39, 0.29) is 22.7 Å². The second-order valence-electron chi connectivity index (χ2n) is 11.1. The van der Waals surface area contributed by atoms with Gasteiger partial charge in [-0.2, -0.15) is 0 Å². The third-order valence-electron chi connectivity index (χ3n) is 7.50. The van der Waals surface area contributed by atoms with E-state index in [1.165, 1.54) is 40.7 Å². The highest BCUT2D eigenvalue weighted by molar-refractivity contribution is 5.91. The Morgan fingerprint density at radius 2 is 1.61 bits per heavy atom. The van der Waals surface area contributed by atoms with Crippen molar-refractivity contribution in [1.29, 1.82) is 0 Å². The van der Waals surface area contributed by atoms with Crippen molar-refractivity contribution in [2.75, 3.05) is 6.54 Å². The summed E-state index contributed by atoms with van der Waals surface area (Å²) in [5.41, 5.74) is 7.10. The molecule has 1 aliphatic carbocycles. The lowest BCUT2D eigenvalue weighted by Crippen LogP contribution is -2.34. The number of amides is 1. The average Bonchev–Trinajstić information content (AvgIpc) is 3.25. The molecule has 0 spiro atoms. The zero-order chi connectivity index (χ0) is 23.8. The van der Waals surface area contributed by atoms with Crippen LogP contribution in [0.2, 0.25) is 0 Å².